The zero-order chi connectivity index (χ0) is 46.6. The minimum absolute atomic E-state index is 0.134. The smallest absolute Gasteiger partial charge is 0.243 e. The third-order valence-corrected chi connectivity index (χ3v) is 11.3. The molecule has 2 aromatic carbocycles. The number of carbonyl (C=O) groups excluding carboxylic acids is 6. The molecule has 0 heterocycles. The number of rotatable bonds is 33. The molecule has 2 rings (SSSR count). The van der Waals surface area contributed by atoms with E-state index >= 15 is 0 Å². The monoisotopic (exact) mass is 879 g/mol. The molecule has 0 radical (unpaired) electrons. The number of nitrogens with zero attached hydrogens (tertiary/aromatic N) is 6. The van der Waals surface area contributed by atoms with E-state index in [4.69, 9.17) is 22.9 Å². The van der Waals surface area contributed by atoms with Crippen LogP contribution in [-0.4, -0.2) is 163 Å². The van der Waals surface area contributed by atoms with Crippen LogP contribution >= 0.6 is 0 Å². The number of unbranched alkanes of at least 4 members (excludes halogenated alkanes) is 4. The van der Waals surface area contributed by atoms with Gasteiger partial charge in [-0.3, -0.25) is 33.7 Å². The molecular formula is C47H78N10O6. The summed E-state index contributed by atoms with van der Waals surface area (Å²) in [6.07, 6.45) is 5.27. The van der Waals surface area contributed by atoms with Gasteiger partial charge in [0.1, 0.15) is 12.3 Å². The first-order chi connectivity index (χ1) is 30.3. The first kappa shape index (κ1) is 54.4. The van der Waals surface area contributed by atoms with Gasteiger partial charge in [0.2, 0.25) is 29.5 Å². The number of ketones is 1. The van der Waals surface area contributed by atoms with E-state index in [0.717, 1.165) is 24.0 Å². The first-order valence-corrected chi connectivity index (χ1v) is 22.9. The van der Waals surface area contributed by atoms with Crippen molar-refractivity contribution in [3.8, 4) is 0 Å². The van der Waals surface area contributed by atoms with Gasteiger partial charge >= 0.3 is 0 Å². The van der Waals surface area contributed by atoms with Crippen molar-refractivity contribution in [2.75, 3.05) is 98.2 Å². The third kappa shape index (κ3) is 20.1. The minimum Gasteiger partial charge on any atom is -0.332 e. The Bertz CT molecular complexity index is 1650. The standard InChI is InChI=1S/C47H78N10O6/c1-5-52(28-16-12-24-48)33-43(59)53(29-17-13-25-49)34-44(60)54(30-18-14-26-50)36-47(63)57(40(4)42-22-10-7-11-23-42)37-45(61)55(31-19-15-27-51)35-46(62)56(32-38(2)58)39(3)41-20-8-6-9-21-41/h6-11,20-23,39-40H,5,12-19,24-37,48-51H2,1-4H3/t39-,40-/m0/s1. The van der Waals surface area contributed by atoms with Crippen LogP contribution in [-0.2, 0) is 28.8 Å². The Labute approximate surface area is 376 Å². The molecule has 0 spiro atoms. The highest BCUT2D eigenvalue weighted by atomic mass is 16.2. The number of hydrogen-bond donors (Lipinski definition) is 4. The average Bonchev–Trinajstić information content (AvgIpc) is 3.28. The van der Waals surface area contributed by atoms with Crippen molar-refractivity contribution in [1.82, 2.24) is 29.4 Å². The van der Waals surface area contributed by atoms with Gasteiger partial charge in [-0.15, -0.1) is 0 Å². The van der Waals surface area contributed by atoms with E-state index in [1.807, 2.05) is 86.3 Å². The van der Waals surface area contributed by atoms with Gasteiger partial charge in [0.15, 0.2) is 0 Å². The van der Waals surface area contributed by atoms with Crippen molar-refractivity contribution in [2.45, 2.75) is 91.1 Å². The van der Waals surface area contributed by atoms with Crippen LogP contribution in [0.4, 0.5) is 0 Å². The van der Waals surface area contributed by atoms with Crippen molar-refractivity contribution >= 4 is 35.3 Å². The fourth-order valence-corrected chi connectivity index (χ4v) is 7.30. The highest BCUT2D eigenvalue weighted by Crippen LogP contribution is 2.23. The largest absolute Gasteiger partial charge is 0.332 e. The molecule has 16 heteroatoms. The number of hydrogen-bond acceptors (Lipinski definition) is 11. The second-order valence-corrected chi connectivity index (χ2v) is 16.2. The number of benzene rings is 2. The topological polar surface area (TPSA) is 226 Å². The Morgan fingerprint density at radius 2 is 0.778 bits per heavy atom. The maximum Gasteiger partial charge on any atom is 0.243 e. The summed E-state index contributed by atoms with van der Waals surface area (Å²) in [6, 6.07) is 17.6. The van der Waals surface area contributed by atoms with Gasteiger partial charge in [-0.2, -0.15) is 0 Å². The summed E-state index contributed by atoms with van der Waals surface area (Å²) in [6.45, 7) is 9.80. The average molecular weight is 879 g/mol. The molecule has 16 nitrogen and oxygen atoms in total. The van der Waals surface area contributed by atoms with Crippen LogP contribution in [0.1, 0.15) is 102 Å². The molecule has 0 aliphatic rings. The van der Waals surface area contributed by atoms with E-state index < -0.39 is 35.7 Å². The van der Waals surface area contributed by atoms with E-state index in [9.17, 15) is 28.8 Å². The lowest BCUT2D eigenvalue weighted by Gasteiger charge is -2.35. The van der Waals surface area contributed by atoms with E-state index in [1.54, 1.807) is 4.90 Å². The van der Waals surface area contributed by atoms with Gasteiger partial charge in [0.05, 0.1) is 44.8 Å². The van der Waals surface area contributed by atoms with Gasteiger partial charge < -0.3 is 47.4 Å². The maximum absolute atomic E-state index is 14.7. The number of nitrogens with two attached hydrogens (primary N) is 4. The normalized spacial score (nSPS) is 12.1. The van der Waals surface area contributed by atoms with Crippen LogP contribution in [0.3, 0.4) is 0 Å². The summed E-state index contributed by atoms with van der Waals surface area (Å²) in [4.78, 5) is 93.1. The molecule has 2 atom stereocenters. The van der Waals surface area contributed by atoms with Crippen molar-refractivity contribution in [3.63, 3.8) is 0 Å². The Kier molecular flexibility index (Phi) is 26.9. The Balaban J connectivity index is 2.47. The predicted molar refractivity (Wildman–Crippen MR) is 249 cm³/mol. The molecule has 0 bridgehead atoms. The molecule has 63 heavy (non-hydrogen) atoms. The molecular weight excluding hydrogens is 801 g/mol. The summed E-state index contributed by atoms with van der Waals surface area (Å²) in [5, 5.41) is 0. The van der Waals surface area contributed by atoms with Crippen molar-refractivity contribution in [1.29, 1.82) is 0 Å². The molecule has 8 N–H and O–H groups in total. The lowest BCUT2D eigenvalue weighted by molar-refractivity contribution is -0.149. The van der Waals surface area contributed by atoms with Crippen LogP contribution in [0.15, 0.2) is 60.7 Å². The summed E-state index contributed by atoms with van der Waals surface area (Å²) in [5.74, 6) is -2.11. The number of likely N-dealkylation sites (N-methyl/N-ethyl adjacent to an activating group) is 1. The van der Waals surface area contributed by atoms with Crippen LogP contribution in [0.2, 0.25) is 0 Å². The lowest BCUT2D eigenvalue weighted by atomic mass is 10.1. The fourth-order valence-electron chi connectivity index (χ4n) is 7.30. The molecule has 0 aliphatic carbocycles. The number of amides is 5. The van der Waals surface area contributed by atoms with Gasteiger partial charge in [-0.1, -0.05) is 67.6 Å². The SMILES string of the molecule is CCN(CCCCN)CC(=O)N(CCCCN)CC(=O)N(CCCCN)CC(=O)N(CC(=O)N(CCCCN)CC(=O)N(CC(C)=O)[C@@H](C)c1ccccc1)[C@@H](C)c1ccccc1. The fraction of sp³-hybridized carbons (Fsp3) is 0.617. The lowest BCUT2D eigenvalue weighted by Crippen LogP contribution is -2.52. The molecule has 5 amide bonds. The second kappa shape index (κ2) is 31.2. The van der Waals surface area contributed by atoms with Gasteiger partial charge in [-0.05, 0) is 123 Å². The first-order valence-electron chi connectivity index (χ1n) is 22.9. The zero-order valence-corrected chi connectivity index (χ0v) is 38.6. The van der Waals surface area contributed by atoms with Crippen LogP contribution in [0, 0.1) is 0 Å². The van der Waals surface area contributed by atoms with Crippen molar-refractivity contribution in [2.24, 2.45) is 22.9 Å². The van der Waals surface area contributed by atoms with Crippen LogP contribution in [0.25, 0.3) is 0 Å². The van der Waals surface area contributed by atoms with E-state index in [0.29, 0.717) is 84.3 Å². The summed E-state index contributed by atoms with van der Waals surface area (Å²) in [5.41, 5.74) is 24.8. The Hall–Kier alpha value is -4.74. The number of Topliss-reactive ketones (excluding diaryl/α,β-unsaturated/α-hetero) is 1. The molecule has 0 unspecified atom stereocenters. The number of carbonyl (C=O) groups is 6. The molecule has 0 aliphatic heterocycles. The van der Waals surface area contributed by atoms with Crippen molar-refractivity contribution in [3.05, 3.63) is 71.8 Å². The minimum atomic E-state index is -0.591. The Morgan fingerprint density at radius 3 is 1.14 bits per heavy atom. The Morgan fingerprint density at radius 1 is 0.444 bits per heavy atom. The summed E-state index contributed by atoms with van der Waals surface area (Å²) in [7, 11) is 0. The maximum atomic E-state index is 14.7. The zero-order valence-electron chi connectivity index (χ0n) is 38.6. The van der Waals surface area contributed by atoms with E-state index in [2.05, 4.69) is 0 Å². The van der Waals surface area contributed by atoms with Crippen LogP contribution < -0.4 is 22.9 Å². The molecule has 2 aromatic rings. The quantitative estimate of drug-likeness (QED) is 0.0763. The molecule has 352 valence electrons. The van der Waals surface area contributed by atoms with Gasteiger partial charge in [0.25, 0.3) is 0 Å². The van der Waals surface area contributed by atoms with E-state index in [-0.39, 0.29) is 64.0 Å². The van der Waals surface area contributed by atoms with Gasteiger partial charge in [-0.25, -0.2) is 0 Å². The summed E-state index contributed by atoms with van der Waals surface area (Å²) < 4.78 is 0. The van der Waals surface area contributed by atoms with Crippen molar-refractivity contribution < 1.29 is 28.8 Å². The third-order valence-electron chi connectivity index (χ3n) is 11.3. The molecule has 0 saturated heterocycles. The predicted octanol–water partition coefficient (Wildman–Crippen LogP) is 2.52. The molecule has 0 aromatic heterocycles. The highest BCUT2D eigenvalue weighted by Gasteiger charge is 2.32. The summed E-state index contributed by atoms with van der Waals surface area (Å²) >= 11 is 0. The highest BCUT2D eigenvalue weighted by molar-refractivity contribution is 5.92. The van der Waals surface area contributed by atoms with Gasteiger partial charge in [0, 0.05) is 19.6 Å². The second-order valence-electron chi connectivity index (χ2n) is 16.2. The van der Waals surface area contributed by atoms with E-state index in [1.165, 1.54) is 26.5 Å². The van der Waals surface area contributed by atoms with Crippen LogP contribution in [0.5, 0.6) is 0 Å². The molecule has 0 saturated carbocycles. The molecule has 0 fully saturated rings.